The maximum Gasteiger partial charge on any atom is 0.0189 e. The summed E-state index contributed by atoms with van der Waals surface area (Å²) in [6, 6.07) is 0.627. The maximum absolute atomic E-state index is 3.50. The van der Waals surface area contributed by atoms with Crippen LogP contribution in [0.15, 0.2) is 0 Å². The van der Waals surface area contributed by atoms with E-state index in [2.05, 4.69) is 50.1 Å². The molecule has 0 aliphatic carbocycles. The van der Waals surface area contributed by atoms with E-state index < -0.39 is 0 Å². The molecule has 1 atom stereocenters. The van der Waals surface area contributed by atoms with Gasteiger partial charge in [0, 0.05) is 25.7 Å². The smallest absolute Gasteiger partial charge is 0.0189 e. The van der Waals surface area contributed by atoms with Crippen LogP contribution in [-0.2, 0) is 0 Å². The van der Waals surface area contributed by atoms with Crippen molar-refractivity contribution < 1.29 is 0 Å². The van der Waals surface area contributed by atoms with E-state index in [1.54, 1.807) is 0 Å². The van der Waals surface area contributed by atoms with Crippen molar-refractivity contribution >= 4 is 0 Å². The quantitative estimate of drug-likeness (QED) is 0.584. The summed E-state index contributed by atoms with van der Waals surface area (Å²) >= 11 is 0. The molecule has 0 heterocycles. The van der Waals surface area contributed by atoms with Crippen molar-refractivity contribution in [3.63, 3.8) is 0 Å². The molecule has 0 aromatic heterocycles. The molecule has 0 spiro atoms. The number of nitrogens with zero attached hydrogens (tertiary/aromatic N) is 2. The number of hydrogen-bond acceptors (Lipinski definition) is 3. The van der Waals surface area contributed by atoms with E-state index in [1.165, 1.54) is 12.8 Å². The predicted molar refractivity (Wildman–Crippen MR) is 68.4 cm³/mol. The fraction of sp³-hybridized carbons (Fsp3) is 1.00. The topological polar surface area (TPSA) is 18.5 Å². The average molecular weight is 215 g/mol. The minimum Gasteiger partial charge on any atom is -0.315 e. The largest absolute Gasteiger partial charge is 0.315 e. The molecule has 3 nitrogen and oxygen atoms in total. The van der Waals surface area contributed by atoms with Crippen LogP contribution in [0.1, 0.15) is 26.7 Å². The first-order valence-electron chi connectivity index (χ1n) is 6.13. The molecule has 0 saturated heterocycles. The van der Waals surface area contributed by atoms with E-state index in [0.717, 1.165) is 26.2 Å². The third kappa shape index (κ3) is 8.85. The van der Waals surface area contributed by atoms with Crippen LogP contribution >= 0.6 is 0 Å². The summed E-state index contributed by atoms with van der Waals surface area (Å²) in [5.41, 5.74) is 0. The first kappa shape index (κ1) is 14.9. The molecule has 0 bridgehead atoms. The van der Waals surface area contributed by atoms with Gasteiger partial charge in [-0.1, -0.05) is 13.3 Å². The van der Waals surface area contributed by atoms with E-state index in [4.69, 9.17) is 0 Å². The molecule has 0 rings (SSSR count). The minimum absolute atomic E-state index is 0.627. The third-order valence-electron chi connectivity index (χ3n) is 2.80. The van der Waals surface area contributed by atoms with Crippen LogP contribution in [0.25, 0.3) is 0 Å². The van der Waals surface area contributed by atoms with Gasteiger partial charge in [-0.05, 0) is 41.0 Å². The number of rotatable bonds is 9. The molecule has 92 valence electrons. The highest BCUT2D eigenvalue weighted by Gasteiger charge is 2.07. The van der Waals surface area contributed by atoms with Gasteiger partial charge in [-0.2, -0.15) is 0 Å². The Morgan fingerprint density at radius 2 is 1.80 bits per heavy atom. The van der Waals surface area contributed by atoms with E-state index in [9.17, 15) is 0 Å². The highest BCUT2D eigenvalue weighted by atomic mass is 15.2. The lowest BCUT2D eigenvalue weighted by Crippen LogP contribution is -2.41. The fourth-order valence-electron chi connectivity index (χ4n) is 1.35. The number of nitrogens with one attached hydrogen (secondary N) is 1. The summed E-state index contributed by atoms with van der Waals surface area (Å²) in [7, 11) is 6.45. The van der Waals surface area contributed by atoms with Crippen LogP contribution < -0.4 is 5.32 Å². The second-order valence-electron chi connectivity index (χ2n) is 4.69. The van der Waals surface area contributed by atoms with E-state index >= 15 is 0 Å². The van der Waals surface area contributed by atoms with Crippen molar-refractivity contribution in [3.05, 3.63) is 0 Å². The van der Waals surface area contributed by atoms with Crippen molar-refractivity contribution in [2.24, 2.45) is 0 Å². The summed E-state index contributed by atoms with van der Waals surface area (Å²) in [6.07, 6.45) is 2.56. The predicted octanol–water partition coefficient (Wildman–Crippen LogP) is 1.26. The normalized spacial score (nSPS) is 13.8. The molecule has 1 unspecified atom stereocenters. The Labute approximate surface area is 95.8 Å². The summed E-state index contributed by atoms with van der Waals surface area (Å²) in [4.78, 5) is 4.65. The van der Waals surface area contributed by atoms with E-state index in [-0.39, 0.29) is 0 Å². The summed E-state index contributed by atoms with van der Waals surface area (Å²) < 4.78 is 0. The fourth-order valence-corrected chi connectivity index (χ4v) is 1.35. The van der Waals surface area contributed by atoms with Crippen molar-refractivity contribution in [3.8, 4) is 0 Å². The van der Waals surface area contributed by atoms with Gasteiger partial charge in [0.2, 0.25) is 0 Å². The Bertz CT molecular complexity index is 137. The van der Waals surface area contributed by atoms with Gasteiger partial charge in [0.25, 0.3) is 0 Å². The molecule has 0 fully saturated rings. The van der Waals surface area contributed by atoms with Crippen LogP contribution in [0.2, 0.25) is 0 Å². The summed E-state index contributed by atoms with van der Waals surface area (Å²) in [5.74, 6) is 0. The van der Waals surface area contributed by atoms with Gasteiger partial charge in [0.1, 0.15) is 0 Å². The molecule has 0 radical (unpaired) electrons. The second kappa shape index (κ2) is 9.13. The molecule has 0 saturated carbocycles. The zero-order valence-electron chi connectivity index (χ0n) is 11.2. The van der Waals surface area contributed by atoms with Crippen LogP contribution in [0, 0.1) is 0 Å². The Morgan fingerprint density at radius 1 is 1.13 bits per heavy atom. The molecule has 3 heteroatoms. The van der Waals surface area contributed by atoms with E-state index in [1.807, 2.05) is 0 Å². The Morgan fingerprint density at radius 3 is 2.33 bits per heavy atom. The van der Waals surface area contributed by atoms with E-state index in [0.29, 0.717) is 6.04 Å². The van der Waals surface area contributed by atoms with Crippen molar-refractivity contribution in [2.45, 2.75) is 32.7 Å². The van der Waals surface area contributed by atoms with Crippen molar-refractivity contribution in [1.29, 1.82) is 0 Å². The SMILES string of the molecule is CCCCNCC(C)N(C)CCN(C)C. The van der Waals surface area contributed by atoms with Crippen LogP contribution in [-0.4, -0.2) is 63.2 Å². The summed E-state index contributed by atoms with van der Waals surface area (Å²) in [6.45, 7) is 9.05. The molecular formula is C12H29N3. The highest BCUT2D eigenvalue weighted by molar-refractivity contribution is 4.66. The van der Waals surface area contributed by atoms with Crippen molar-refractivity contribution in [1.82, 2.24) is 15.1 Å². The Kier molecular flexibility index (Phi) is 9.06. The first-order chi connectivity index (χ1) is 7.07. The van der Waals surface area contributed by atoms with Gasteiger partial charge in [-0.15, -0.1) is 0 Å². The maximum atomic E-state index is 3.50. The first-order valence-corrected chi connectivity index (χ1v) is 6.13. The molecule has 1 N–H and O–H groups in total. The zero-order chi connectivity index (χ0) is 11.7. The molecule has 15 heavy (non-hydrogen) atoms. The average Bonchev–Trinajstić information content (AvgIpc) is 2.20. The number of likely N-dealkylation sites (N-methyl/N-ethyl adjacent to an activating group) is 2. The molecule has 0 amide bonds. The zero-order valence-corrected chi connectivity index (χ0v) is 11.2. The van der Waals surface area contributed by atoms with Gasteiger partial charge in [-0.25, -0.2) is 0 Å². The van der Waals surface area contributed by atoms with Crippen LogP contribution in [0.3, 0.4) is 0 Å². The van der Waals surface area contributed by atoms with Gasteiger partial charge < -0.3 is 15.1 Å². The van der Waals surface area contributed by atoms with Crippen LogP contribution in [0.4, 0.5) is 0 Å². The lowest BCUT2D eigenvalue weighted by Gasteiger charge is -2.26. The molecule has 0 aliphatic heterocycles. The van der Waals surface area contributed by atoms with Gasteiger partial charge >= 0.3 is 0 Å². The Balaban J connectivity index is 3.46. The van der Waals surface area contributed by atoms with Gasteiger partial charge in [0.05, 0.1) is 0 Å². The summed E-state index contributed by atoms with van der Waals surface area (Å²) in [5, 5.41) is 3.50. The molecule has 0 aromatic carbocycles. The molecule has 0 aliphatic rings. The second-order valence-corrected chi connectivity index (χ2v) is 4.69. The monoisotopic (exact) mass is 215 g/mol. The standard InChI is InChI=1S/C12H29N3/c1-6-7-8-13-11-12(2)15(5)10-9-14(3)4/h12-13H,6-11H2,1-5H3. The number of hydrogen-bond donors (Lipinski definition) is 1. The highest BCUT2D eigenvalue weighted by Crippen LogP contribution is 1.94. The lowest BCUT2D eigenvalue weighted by atomic mass is 10.2. The third-order valence-corrected chi connectivity index (χ3v) is 2.80. The number of unbranched alkanes of at least 4 members (excludes halogenated alkanes) is 1. The van der Waals surface area contributed by atoms with Gasteiger partial charge in [0.15, 0.2) is 0 Å². The minimum atomic E-state index is 0.627. The molecule has 0 aromatic rings. The van der Waals surface area contributed by atoms with Gasteiger partial charge in [-0.3, -0.25) is 0 Å². The Hall–Kier alpha value is -0.120. The van der Waals surface area contributed by atoms with Crippen molar-refractivity contribution in [2.75, 3.05) is 47.3 Å². The molecular weight excluding hydrogens is 186 g/mol. The van der Waals surface area contributed by atoms with Crippen LogP contribution in [0.5, 0.6) is 0 Å². The lowest BCUT2D eigenvalue weighted by molar-refractivity contribution is 0.224.